The molecule has 6 heteroatoms. The maximum Gasteiger partial charge on any atom is 0.135 e. The maximum absolute atomic E-state index is 6.23. The maximum atomic E-state index is 6.23. The van der Waals surface area contributed by atoms with Gasteiger partial charge in [-0.15, -0.1) is 12.4 Å². The SMILES string of the molecule is Cl.N[C@@H](c1ccc(Cl)nc1Cl)C1CCNCC1. The van der Waals surface area contributed by atoms with Crippen molar-refractivity contribution >= 4 is 35.6 Å². The van der Waals surface area contributed by atoms with Crippen LogP contribution in [-0.2, 0) is 0 Å². The summed E-state index contributed by atoms with van der Waals surface area (Å²) < 4.78 is 0. The van der Waals surface area contributed by atoms with E-state index in [2.05, 4.69) is 10.3 Å². The zero-order chi connectivity index (χ0) is 11.5. The van der Waals surface area contributed by atoms with Crippen LogP contribution in [0.4, 0.5) is 0 Å². The Hall–Kier alpha value is -0.0600. The number of nitrogens with zero attached hydrogens (tertiary/aromatic N) is 1. The van der Waals surface area contributed by atoms with Gasteiger partial charge in [-0.3, -0.25) is 0 Å². The summed E-state index contributed by atoms with van der Waals surface area (Å²) in [5.41, 5.74) is 7.13. The molecule has 3 N–H and O–H groups in total. The zero-order valence-corrected chi connectivity index (χ0v) is 11.7. The Balaban J connectivity index is 0.00000144. The van der Waals surface area contributed by atoms with E-state index in [-0.39, 0.29) is 18.4 Å². The third-order valence-electron chi connectivity index (χ3n) is 3.09. The highest BCUT2D eigenvalue weighted by Crippen LogP contribution is 2.30. The summed E-state index contributed by atoms with van der Waals surface area (Å²) in [7, 11) is 0. The number of hydrogen-bond acceptors (Lipinski definition) is 3. The van der Waals surface area contributed by atoms with Crippen LogP contribution in [0.5, 0.6) is 0 Å². The third-order valence-corrected chi connectivity index (χ3v) is 3.61. The van der Waals surface area contributed by atoms with Crippen LogP contribution >= 0.6 is 35.6 Å². The number of piperidine rings is 1. The number of halogens is 3. The minimum atomic E-state index is -0.0423. The van der Waals surface area contributed by atoms with Crippen LogP contribution in [-0.4, -0.2) is 18.1 Å². The molecule has 2 rings (SSSR count). The monoisotopic (exact) mass is 295 g/mol. The van der Waals surface area contributed by atoms with Gasteiger partial charge in [0.25, 0.3) is 0 Å². The lowest BCUT2D eigenvalue weighted by Crippen LogP contribution is -2.33. The van der Waals surface area contributed by atoms with E-state index >= 15 is 0 Å². The second-order valence-corrected chi connectivity index (χ2v) is 4.87. The van der Waals surface area contributed by atoms with Gasteiger partial charge in [0, 0.05) is 11.6 Å². The molecule has 0 amide bonds. The van der Waals surface area contributed by atoms with Crippen molar-refractivity contribution in [1.29, 1.82) is 0 Å². The topological polar surface area (TPSA) is 50.9 Å². The molecule has 1 aromatic rings. The summed E-state index contributed by atoms with van der Waals surface area (Å²) in [5, 5.41) is 4.16. The molecule has 0 radical (unpaired) electrons. The Bertz CT molecular complexity index is 367. The fraction of sp³-hybridized carbons (Fsp3) is 0.545. The minimum absolute atomic E-state index is 0. The molecule has 0 spiro atoms. The molecule has 1 aliphatic heterocycles. The lowest BCUT2D eigenvalue weighted by atomic mass is 9.87. The fourth-order valence-corrected chi connectivity index (χ4v) is 2.60. The van der Waals surface area contributed by atoms with Gasteiger partial charge in [0.1, 0.15) is 10.3 Å². The Kier molecular flexibility index (Phi) is 5.97. The highest BCUT2D eigenvalue weighted by Gasteiger charge is 2.23. The van der Waals surface area contributed by atoms with Gasteiger partial charge in [-0.2, -0.15) is 0 Å². The molecular weight excluding hydrogens is 281 g/mol. The van der Waals surface area contributed by atoms with Crippen LogP contribution in [0.1, 0.15) is 24.4 Å². The van der Waals surface area contributed by atoms with Crippen molar-refractivity contribution in [3.8, 4) is 0 Å². The quantitative estimate of drug-likeness (QED) is 0.825. The van der Waals surface area contributed by atoms with Crippen LogP contribution in [0.2, 0.25) is 10.3 Å². The first kappa shape index (κ1) is 15.0. The Morgan fingerprint density at radius 2 is 1.94 bits per heavy atom. The van der Waals surface area contributed by atoms with Gasteiger partial charge in [0.2, 0.25) is 0 Å². The number of hydrogen-bond donors (Lipinski definition) is 2. The van der Waals surface area contributed by atoms with Gasteiger partial charge in [-0.1, -0.05) is 29.3 Å². The smallest absolute Gasteiger partial charge is 0.135 e. The summed E-state index contributed by atoms with van der Waals surface area (Å²) >= 11 is 11.8. The molecule has 1 atom stereocenters. The Labute approximate surface area is 117 Å². The average molecular weight is 297 g/mol. The normalized spacial score (nSPS) is 18.5. The summed E-state index contributed by atoms with van der Waals surface area (Å²) in [5.74, 6) is 0.474. The molecule has 17 heavy (non-hydrogen) atoms. The van der Waals surface area contributed by atoms with Crippen LogP contribution in [0.25, 0.3) is 0 Å². The van der Waals surface area contributed by atoms with Gasteiger partial charge in [0.15, 0.2) is 0 Å². The van der Waals surface area contributed by atoms with Gasteiger partial charge >= 0.3 is 0 Å². The van der Waals surface area contributed by atoms with Crippen molar-refractivity contribution in [3.05, 3.63) is 28.0 Å². The molecular formula is C11H16Cl3N3. The first-order valence-corrected chi connectivity index (χ1v) is 6.22. The van der Waals surface area contributed by atoms with Crippen molar-refractivity contribution in [2.45, 2.75) is 18.9 Å². The number of rotatable bonds is 2. The van der Waals surface area contributed by atoms with E-state index in [9.17, 15) is 0 Å². The van der Waals surface area contributed by atoms with E-state index in [4.69, 9.17) is 28.9 Å². The predicted molar refractivity (Wildman–Crippen MR) is 74.0 cm³/mol. The van der Waals surface area contributed by atoms with Gasteiger partial charge in [-0.05, 0) is 37.9 Å². The second-order valence-electron chi connectivity index (χ2n) is 4.13. The summed E-state index contributed by atoms with van der Waals surface area (Å²) in [6.45, 7) is 2.05. The standard InChI is InChI=1S/C11H15Cl2N3.ClH/c12-9-2-1-8(11(13)16-9)10(14)7-3-5-15-6-4-7;/h1-2,7,10,15H,3-6,14H2;1H/t10-;/m1./s1. The lowest BCUT2D eigenvalue weighted by molar-refractivity contribution is 0.322. The molecule has 0 aliphatic carbocycles. The fourth-order valence-electron chi connectivity index (χ4n) is 2.13. The van der Waals surface area contributed by atoms with Gasteiger partial charge < -0.3 is 11.1 Å². The van der Waals surface area contributed by atoms with Gasteiger partial charge in [0.05, 0.1) is 0 Å². The highest BCUT2D eigenvalue weighted by atomic mass is 35.5. The van der Waals surface area contributed by atoms with Crippen molar-refractivity contribution < 1.29 is 0 Å². The highest BCUT2D eigenvalue weighted by molar-refractivity contribution is 6.32. The van der Waals surface area contributed by atoms with E-state index in [1.54, 1.807) is 6.07 Å². The lowest BCUT2D eigenvalue weighted by Gasteiger charge is -2.28. The number of aromatic nitrogens is 1. The predicted octanol–water partition coefficient (Wildman–Crippen LogP) is 2.81. The zero-order valence-electron chi connectivity index (χ0n) is 9.33. The van der Waals surface area contributed by atoms with Crippen LogP contribution in [0, 0.1) is 5.92 Å². The second kappa shape index (κ2) is 6.76. The van der Waals surface area contributed by atoms with Crippen molar-refractivity contribution in [2.24, 2.45) is 11.7 Å². The molecule has 0 bridgehead atoms. The molecule has 1 aromatic heterocycles. The van der Waals surface area contributed by atoms with Crippen molar-refractivity contribution in [1.82, 2.24) is 10.3 Å². The number of pyridine rings is 1. The Morgan fingerprint density at radius 1 is 1.29 bits per heavy atom. The van der Waals surface area contributed by atoms with Crippen LogP contribution in [0.15, 0.2) is 12.1 Å². The van der Waals surface area contributed by atoms with Crippen molar-refractivity contribution in [3.63, 3.8) is 0 Å². The van der Waals surface area contributed by atoms with E-state index in [1.165, 1.54) is 0 Å². The summed E-state index contributed by atoms with van der Waals surface area (Å²) in [6, 6.07) is 3.58. The van der Waals surface area contributed by atoms with Crippen LogP contribution < -0.4 is 11.1 Å². The van der Waals surface area contributed by atoms with E-state index in [0.717, 1.165) is 31.5 Å². The largest absolute Gasteiger partial charge is 0.324 e. The number of nitrogens with one attached hydrogen (secondary N) is 1. The van der Waals surface area contributed by atoms with E-state index in [1.807, 2.05) is 6.07 Å². The first-order chi connectivity index (χ1) is 7.68. The van der Waals surface area contributed by atoms with Crippen molar-refractivity contribution in [2.75, 3.05) is 13.1 Å². The Morgan fingerprint density at radius 3 is 2.53 bits per heavy atom. The molecule has 1 fully saturated rings. The molecule has 0 aromatic carbocycles. The van der Waals surface area contributed by atoms with Crippen LogP contribution in [0.3, 0.4) is 0 Å². The minimum Gasteiger partial charge on any atom is -0.324 e. The van der Waals surface area contributed by atoms with E-state index < -0.39 is 0 Å². The molecule has 0 saturated carbocycles. The third kappa shape index (κ3) is 3.70. The van der Waals surface area contributed by atoms with Gasteiger partial charge in [-0.25, -0.2) is 4.98 Å². The van der Waals surface area contributed by atoms with E-state index in [0.29, 0.717) is 16.2 Å². The summed E-state index contributed by atoms with van der Waals surface area (Å²) in [4.78, 5) is 4.02. The average Bonchev–Trinajstić information content (AvgIpc) is 2.29. The molecule has 0 unspecified atom stereocenters. The molecule has 3 nitrogen and oxygen atoms in total. The molecule has 2 heterocycles. The molecule has 1 aliphatic rings. The number of nitrogens with two attached hydrogens (primary N) is 1. The molecule has 1 saturated heterocycles. The summed E-state index contributed by atoms with van der Waals surface area (Å²) in [6.07, 6.45) is 2.17. The first-order valence-electron chi connectivity index (χ1n) is 5.46. The molecule has 96 valence electrons.